The largest absolute Gasteiger partial charge is 0.342 e. The molecule has 0 N–H and O–H groups in total. The van der Waals surface area contributed by atoms with Crippen LogP contribution in [0.4, 0.5) is 5.95 Å². The summed E-state index contributed by atoms with van der Waals surface area (Å²) in [5.74, 6) is 2.13. The zero-order valence-electron chi connectivity index (χ0n) is 20.7. The van der Waals surface area contributed by atoms with E-state index in [0.717, 1.165) is 74.9 Å². The number of likely N-dealkylation sites (tertiary alicyclic amines) is 2. The first-order chi connectivity index (χ1) is 16.5. The third-order valence-corrected chi connectivity index (χ3v) is 8.14. The predicted molar refractivity (Wildman–Crippen MR) is 138 cm³/mol. The first-order valence-electron chi connectivity index (χ1n) is 13.0. The van der Waals surface area contributed by atoms with Gasteiger partial charge < -0.3 is 9.80 Å². The van der Waals surface area contributed by atoms with Crippen LogP contribution in [-0.4, -0.2) is 69.3 Å². The summed E-state index contributed by atoms with van der Waals surface area (Å²) in [7, 11) is 0. The minimum Gasteiger partial charge on any atom is -0.342 e. The van der Waals surface area contributed by atoms with Crippen molar-refractivity contribution in [3.05, 3.63) is 34.6 Å². The summed E-state index contributed by atoms with van der Waals surface area (Å²) in [5.41, 5.74) is 2.31. The van der Waals surface area contributed by atoms with Gasteiger partial charge in [-0.2, -0.15) is 0 Å². The molecule has 4 heterocycles. The second-order valence-electron chi connectivity index (χ2n) is 10.5. The van der Waals surface area contributed by atoms with Crippen molar-refractivity contribution < 1.29 is 4.79 Å². The molecule has 0 saturated carbocycles. The van der Waals surface area contributed by atoms with Gasteiger partial charge in [-0.05, 0) is 75.7 Å². The summed E-state index contributed by atoms with van der Waals surface area (Å²) >= 11 is 5.94. The van der Waals surface area contributed by atoms with Crippen molar-refractivity contribution in [3.8, 4) is 5.69 Å². The number of aryl methyl sites for hydroxylation is 1. The maximum absolute atomic E-state index is 13.1. The van der Waals surface area contributed by atoms with Crippen LogP contribution in [0.2, 0.25) is 0 Å². The lowest BCUT2D eigenvalue weighted by Crippen LogP contribution is -2.46. The molecule has 34 heavy (non-hydrogen) atoms. The molecule has 3 aliphatic rings. The summed E-state index contributed by atoms with van der Waals surface area (Å²) in [4.78, 5) is 19.9. The molecule has 184 valence electrons. The average Bonchev–Trinajstić information content (AvgIpc) is 3.48. The van der Waals surface area contributed by atoms with Crippen LogP contribution < -0.4 is 4.90 Å². The molecule has 1 amide bonds. The first-order valence-corrected chi connectivity index (χ1v) is 13.4. The topological polar surface area (TPSA) is 49.5 Å². The van der Waals surface area contributed by atoms with Crippen molar-refractivity contribution in [1.29, 1.82) is 0 Å². The average molecular weight is 483 g/mol. The number of piperidine rings is 2. The van der Waals surface area contributed by atoms with Gasteiger partial charge in [0, 0.05) is 45.2 Å². The Bertz CT molecular complexity index is 1050. The van der Waals surface area contributed by atoms with Crippen LogP contribution in [0.5, 0.6) is 0 Å². The molecule has 0 radical (unpaired) electrons. The third-order valence-electron chi connectivity index (χ3n) is 7.74. The number of nitrogens with zero attached hydrogens (tertiary/aromatic N) is 6. The van der Waals surface area contributed by atoms with Crippen LogP contribution in [0.3, 0.4) is 0 Å². The Labute approximate surface area is 208 Å². The van der Waals surface area contributed by atoms with Crippen molar-refractivity contribution in [1.82, 2.24) is 24.1 Å². The third kappa shape index (κ3) is 4.93. The lowest BCUT2D eigenvalue weighted by atomic mass is 9.93. The Morgan fingerprint density at radius 2 is 1.71 bits per heavy atom. The number of hydrogen-bond acceptors (Lipinski definition) is 5. The number of rotatable bonds is 5. The van der Waals surface area contributed by atoms with Gasteiger partial charge in [-0.25, -0.2) is 4.68 Å². The fourth-order valence-corrected chi connectivity index (χ4v) is 5.97. The zero-order valence-corrected chi connectivity index (χ0v) is 21.5. The maximum atomic E-state index is 13.1. The molecule has 0 bridgehead atoms. The number of benzene rings is 1. The predicted octanol–water partition coefficient (Wildman–Crippen LogP) is 4.24. The van der Waals surface area contributed by atoms with Gasteiger partial charge in [0.25, 0.3) is 0 Å². The lowest BCUT2D eigenvalue weighted by Gasteiger charge is -2.37. The van der Waals surface area contributed by atoms with Crippen LogP contribution in [-0.2, 0) is 11.5 Å². The highest BCUT2D eigenvalue weighted by Gasteiger charge is 2.31. The molecule has 3 saturated heterocycles. The Morgan fingerprint density at radius 3 is 2.38 bits per heavy atom. The van der Waals surface area contributed by atoms with E-state index in [4.69, 9.17) is 17.3 Å². The minimum absolute atomic E-state index is 0.166. The molecule has 1 unspecified atom stereocenters. The van der Waals surface area contributed by atoms with E-state index in [-0.39, 0.29) is 5.92 Å². The van der Waals surface area contributed by atoms with E-state index in [2.05, 4.69) is 57.4 Å². The smallest absolute Gasteiger partial charge is 0.230 e. The number of carbonyl (C=O) groups is 1. The van der Waals surface area contributed by atoms with Gasteiger partial charge in [0.05, 0.1) is 12.4 Å². The van der Waals surface area contributed by atoms with Crippen LogP contribution in [0, 0.1) is 23.5 Å². The normalized spacial score (nSPS) is 22.5. The fourth-order valence-electron chi connectivity index (χ4n) is 5.69. The van der Waals surface area contributed by atoms with Crippen molar-refractivity contribution in [2.24, 2.45) is 11.8 Å². The number of aromatic nitrogens is 3. The standard InChI is InChI=1S/C26H38N6OS/c1-20-7-9-23(10-8-20)32-25(29-13-3-4-14-29)27-31(26(32)34)19-28-16-11-22(12-17-28)24(33)30-15-5-6-21(2)18-30/h7-10,21-22H,3-6,11-19H2,1-2H3. The number of carbonyl (C=O) groups excluding carboxylic acids is 1. The summed E-state index contributed by atoms with van der Waals surface area (Å²) in [6.45, 7) is 10.8. The van der Waals surface area contributed by atoms with Crippen LogP contribution in [0.1, 0.15) is 51.0 Å². The van der Waals surface area contributed by atoms with E-state index in [1.807, 2.05) is 4.68 Å². The molecular weight excluding hydrogens is 444 g/mol. The molecule has 0 aliphatic carbocycles. The van der Waals surface area contributed by atoms with Crippen LogP contribution >= 0.6 is 12.2 Å². The van der Waals surface area contributed by atoms with Crippen molar-refractivity contribution in [3.63, 3.8) is 0 Å². The molecule has 1 aromatic carbocycles. The molecule has 8 heteroatoms. The highest BCUT2D eigenvalue weighted by atomic mass is 32.1. The van der Waals surface area contributed by atoms with E-state index >= 15 is 0 Å². The monoisotopic (exact) mass is 482 g/mol. The second kappa shape index (κ2) is 10.2. The molecular formula is C26H38N6OS. The number of amides is 1. The van der Waals surface area contributed by atoms with Crippen molar-refractivity contribution in [2.75, 3.05) is 44.2 Å². The zero-order chi connectivity index (χ0) is 23.7. The molecule has 0 spiro atoms. The highest BCUT2D eigenvalue weighted by molar-refractivity contribution is 7.71. The number of anilines is 1. The molecule has 3 aliphatic heterocycles. The maximum Gasteiger partial charge on any atom is 0.230 e. The van der Waals surface area contributed by atoms with E-state index in [0.29, 0.717) is 18.5 Å². The Morgan fingerprint density at radius 1 is 1.00 bits per heavy atom. The molecule has 1 atom stereocenters. The van der Waals surface area contributed by atoms with Crippen LogP contribution in [0.25, 0.3) is 5.69 Å². The Hall–Kier alpha value is -2.19. The quantitative estimate of drug-likeness (QED) is 0.597. The van der Waals surface area contributed by atoms with Crippen molar-refractivity contribution >= 4 is 24.1 Å². The second-order valence-corrected chi connectivity index (χ2v) is 10.9. The van der Waals surface area contributed by atoms with Gasteiger partial charge in [-0.1, -0.05) is 24.6 Å². The van der Waals surface area contributed by atoms with E-state index in [9.17, 15) is 4.79 Å². The Balaban J connectivity index is 1.28. The van der Waals surface area contributed by atoms with Gasteiger partial charge in [0.15, 0.2) is 0 Å². The summed E-state index contributed by atoms with van der Waals surface area (Å²) in [6.07, 6.45) is 6.64. The summed E-state index contributed by atoms with van der Waals surface area (Å²) in [5, 5.41) is 5.01. The minimum atomic E-state index is 0.166. The summed E-state index contributed by atoms with van der Waals surface area (Å²) < 4.78 is 4.86. The van der Waals surface area contributed by atoms with Gasteiger partial charge in [-0.15, -0.1) is 5.10 Å². The molecule has 1 aromatic heterocycles. The lowest BCUT2D eigenvalue weighted by molar-refractivity contribution is -0.139. The summed E-state index contributed by atoms with van der Waals surface area (Å²) in [6, 6.07) is 8.53. The molecule has 2 aromatic rings. The first kappa shape index (κ1) is 23.5. The molecule has 3 fully saturated rings. The number of hydrogen-bond donors (Lipinski definition) is 0. The molecule has 5 rings (SSSR count). The fraction of sp³-hybridized carbons (Fsp3) is 0.654. The van der Waals surface area contributed by atoms with Gasteiger partial charge in [0.1, 0.15) is 0 Å². The van der Waals surface area contributed by atoms with E-state index in [1.165, 1.54) is 24.8 Å². The SMILES string of the molecule is Cc1ccc(-n2c(N3CCCC3)nn(CN3CCC(C(=O)N4CCCC(C)C4)CC3)c2=S)cc1. The van der Waals surface area contributed by atoms with E-state index in [1.54, 1.807) is 0 Å². The van der Waals surface area contributed by atoms with Gasteiger partial charge >= 0.3 is 0 Å². The molecule has 7 nitrogen and oxygen atoms in total. The van der Waals surface area contributed by atoms with Crippen molar-refractivity contribution in [2.45, 2.75) is 59.0 Å². The van der Waals surface area contributed by atoms with E-state index < -0.39 is 0 Å². The van der Waals surface area contributed by atoms with Gasteiger partial charge in [-0.3, -0.25) is 14.3 Å². The highest BCUT2D eigenvalue weighted by Crippen LogP contribution is 2.26. The Kier molecular flexibility index (Phi) is 7.06. The van der Waals surface area contributed by atoms with Crippen LogP contribution in [0.15, 0.2) is 24.3 Å². The van der Waals surface area contributed by atoms with Gasteiger partial charge in [0.2, 0.25) is 16.6 Å².